The summed E-state index contributed by atoms with van der Waals surface area (Å²) >= 11 is 1.37. The number of nitrogens with one attached hydrogen (secondary N) is 3. The van der Waals surface area contributed by atoms with Gasteiger partial charge in [-0.15, -0.1) is 11.3 Å². The second-order valence-electron chi connectivity index (χ2n) is 5.81. The molecule has 2 rings (SSSR count). The molecule has 0 aliphatic carbocycles. The fraction of sp³-hybridized carbons (Fsp3) is 0.278. The van der Waals surface area contributed by atoms with E-state index in [1.807, 2.05) is 26.8 Å². The molecule has 7 heteroatoms. The van der Waals surface area contributed by atoms with E-state index in [2.05, 4.69) is 16.0 Å². The zero-order chi connectivity index (χ0) is 18.4. The summed E-state index contributed by atoms with van der Waals surface area (Å²) in [5.41, 5.74) is 0.789. The third-order valence-electron chi connectivity index (χ3n) is 3.24. The molecule has 0 unspecified atom stereocenters. The van der Waals surface area contributed by atoms with Crippen LogP contribution in [0.25, 0.3) is 0 Å². The van der Waals surface area contributed by atoms with E-state index in [1.54, 1.807) is 30.3 Å². The molecule has 6 nitrogen and oxygen atoms in total. The monoisotopic (exact) mass is 359 g/mol. The number of anilines is 1. The summed E-state index contributed by atoms with van der Waals surface area (Å²) in [4.78, 5) is 37.8. The first-order valence-corrected chi connectivity index (χ1v) is 8.73. The maximum Gasteiger partial charge on any atom is 0.261 e. The largest absolute Gasteiger partial charge is 0.350 e. The molecule has 0 radical (unpaired) electrons. The van der Waals surface area contributed by atoms with Gasteiger partial charge in [-0.3, -0.25) is 14.4 Å². The zero-order valence-corrected chi connectivity index (χ0v) is 15.2. The van der Waals surface area contributed by atoms with Crippen molar-refractivity contribution in [3.05, 3.63) is 51.7 Å². The lowest BCUT2D eigenvalue weighted by Gasteiger charge is -2.13. The molecule has 0 aliphatic heterocycles. The second-order valence-corrected chi connectivity index (χ2v) is 7.10. The van der Waals surface area contributed by atoms with Crippen molar-refractivity contribution < 1.29 is 14.4 Å². The van der Waals surface area contributed by atoms with Crippen molar-refractivity contribution in [2.24, 2.45) is 0 Å². The molecular formula is C18H21N3O3S. The highest BCUT2D eigenvalue weighted by Crippen LogP contribution is 2.16. The molecule has 0 atom stereocenters. The number of amides is 3. The molecule has 0 saturated carbocycles. The van der Waals surface area contributed by atoms with Crippen LogP contribution >= 0.6 is 11.3 Å². The van der Waals surface area contributed by atoms with Crippen LogP contribution in [-0.4, -0.2) is 30.3 Å². The van der Waals surface area contributed by atoms with Gasteiger partial charge in [0.2, 0.25) is 5.91 Å². The number of aryl methyl sites for hydroxylation is 1. The minimum atomic E-state index is -0.397. The number of benzene rings is 1. The van der Waals surface area contributed by atoms with Gasteiger partial charge in [0, 0.05) is 10.9 Å². The standard InChI is InChI=1S/C18H21N3O3S/c1-11(2)20-17(23)13-6-4-5-7-14(13)21-16(22)10-19-18(24)15-9-8-12(3)25-15/h4-9,11H,10H2,1-3H3,(H,19,24)(H,20,23)(H,21,22). The quantitative estimate of drug-likeness (QED) is 0.741. The number of para-hydroxylation sites is 1. The van der Waals surface area contributed by atoms with Crippen molar-refractivity contribution in [3.63, 3.8) is 0 Å². The third-order valence-corrected chi connectivity index (χ3v) is 4.24. The summed E-state index contributed by atoms with van der Waals surface area (Å²) in [6.45, 7) is 5.46. The lowest BCUT2D eigenvalue weighted by molar-refractivity contribution is -0.115. The first-order chi connectivity index (χ1) is 11.9. The summed E-state index contributed by atoms with van der Waals surface area (Å²) in [6, 6.07) is 10.3. The SMILES string of the molecule is Cc1ccc(C(=O)NCC(=O)Nc2ccccc2C(=O)NC(C)C)s1. The average Bonchev–Trinajstić information content (AvgIpc) is 2.99. The van der Waals surface area contributed by atoms with E-state index in [9.17, 15) is 14.4 Å². The molecule has 0 bridgehead atoms. The van der Waals surface area contributed by atoms with Gasteiger partial charge in [-0.1, -0.05) is 12.1 Å². The number of hydrogen-bond acceptors (Lipinski definition) is 4. The van der Waals surface area contributed by atoms with Crippen molar-refractivity contribution in [3.8, 4) is 0 Å². The van der Waals surface area contributed by atoms with Crippen molar-refractivity contribution in [2.75, 3.05) is 11.9 Å². The second kappa shape index (κ2) is 8.43. The molecule has 0 spiro atoms. The van der Waals surface area contributed by atoms with Gasteiger partial charge in [-0.05, 0) is 45.0 Å². The number of carbonyl (C=O) groups is 3. The Morgan fingerprint density at radius 2 is 1.76 bits per heavy atom. The van der Waals surface area contributed by atoms with Crippen LogP contribution in [0.2, 0.25) is 0 Å². The lowest BCUT2D eigenvalue weighted by Crippen LogP contribution is -2.34. The Balaban J connectivity index is 1.96. The Kier molecular flexibility index (Phi) is 6.30. The van der Waals surface area contributed by atoms with E-state index >= 15 is 0 Å². The van der Waals surface area contributed by atoms with Crippen molar-refractivity contribution in [1.82, 2.24) is 10.6 Å². The van der Waals surface area contributed by atoms with Gasteiger partial charge < -0.3 is 16.0 Å². The van der Waals surface area contributed by atoms with Gasteiger partial charge in [0.15, 0.2) is 0 Å². The molecule has 0 fully saturated rings. The normalized spacial score (nSPS) is 10.4. The summed E-state index contributed by atoms with van der Waals surface area (Å²) < 4.78 is 0. The van der Waals surface area contributed by atoms with Crippen molar-refractivity contribution in [1.29, 1.82) is 0 Å². The first kappa shape index (κ1) is 18.7. The molecule has 25 heavy (non-hydrogen) atoms. The first-order valence-electron chi connectivity index (χ1n) is 7.91. The van der Waals surface area contributed by atoms with Gasteiger partial charge in [-0.25, -0.2) is 0 Å². The Hall–Kier alpha value is -2.67. The highest BCUT2D eigenvalue weighted by molar-refractivity contribution is 7.13. The molecule has 2 aromatic rings. The number of hydrogen-bond donors (Lipinski definition) is 3. The molecule has 132 valence electrons. The summed E-state index contributed by atoms with van der Waals surface area (Å²) in [5.74, 6) is -0.950. The molecule has 0 aliphatic rings. The fourth-order valence-corrected chi connectivity index (χ4v) is 2.91. The van der Waals surface area contributed by atoms with E-state index in [-0.39, 0.29) is 24.4 Å². The lowest BCUT2D eigenvalue weighted by atomic mass is 10.1. The van der Waals surface area contributed by atoms with E-state index < -0.39 is 5.91 Å². The minimum absolute atomic E-state index is 0.00945. The van der Waals surface area contributed by atoms with Crippen molar-refractivity contribution in [2.45, 2.75) is 26.8 Å². The number of rotatable bonds is 6. The minimum Gasteiger partial charge on any atom is -0.350 e. The van der Waals surface area contributed by atoms with Crippen molar-refractivity contribution >= 4 is 34.7 Å². The predicted molar refractivity (Wildman–Crippen MR) is 99.1 cm³/mol. The molecule has 1 aromatic carbocycles. The maximum atomic E-state index is 12.2. The molecule has 3 N–H and O–H groups in total. The zero-order valence-electron chi connectivity index (χ0n) is 14.4. The average molecular weight is 359 g/mol. The molecule has 1 aromatic heterocycles. The van der Waals surface area contributed by atoms with Crippen LogP contribution in [0.15, 0.2) is 36.4 Å². The van der Waals surface area contributed by atoms with Gasteiger partial charge in [0.05, 0.1) is 22.7 Å². The van der Waals surface area contributed by atoms with E-state index in [4.69, 9.17) is 0 Å². The van der Waals surface area contributed by atoms with Gasteiger partial charge in [-0.2, -0.15) is 0 Å². The van der Waals surface area contributed by atoms with E-state index in [1.165, 1.54) is 11.3 Å². The topological polar surface area (TPSA) is 87.3 Å². The van der Waals surface area contributed by atoms with Crippen LogP contribution in [0.3, 0.4) is 0 Å². The number of carbonyl (C=O) groups excluding carboxylic acids is 3. The van der Waals surface area contributed by atoms with Crippen LogP contribution in [0.1, 0.15) is 38.8 Å². The summed E-state index contributed by atoms with van der Waals surface area (Å²) in [6.07, 6.45) is 0. The summed E-state index contributed by atoms with van der Waals surface area (Å²) in [5, 5.41) is 8.03. The number of thiophene rings is 1. The molecule has 1 heterocycles. The summed E-state index contributed by atoms with van der Waals surface area (Å²) in [7, 11) is 0. The van der Waals surface area contributed by atoms with Gasteiger partial charge in [0.25, 0.3) is 11.8 Å². The third kappa shape index (κ3) is 5.42. The van der Waals surface area contributed by atoms with E-state index in [0.717, 1.165) is 4.88 Å². The maximum absolute atomic E-state index is 12.2. The molecule has 3 amide bonds. The fourth-order valence-electron chi connectivity index (χ4n) is 2.13. The van der Waals surface area contributed by atoms with Crippen LogP contribution in [-0.2, 0) is 4.79 Å². The predicted octanol–water partition coefficient (Wildman–Crippen LogP) is 2.56. The Bertz CT molecular complexity index is 783. The Labute approximate surface area is 150 Å². The highest BCUT2D eigenvalue weighted by Gasteiger charge is 2.15. The Morgan fingerprint density at radius 1 is 1.04 bits per heavy atom. The molecular weight excluding hydrogens is 338 g/mol. The van der Waals surface area contributed by atoms with Crippen LogP contribution < -0.4 is 16.0 Å². The van der Waals surface area contributed by atoms with Crippen LogP contribution in [0, 0.1) is 6.92 Å². The van der Waals surface area contributed by atoms with E-state index in [0.29, 0.717) is 16.1 Å². The molecule has 0 saturated heterocycles. The van der Waals surface area contributed by atoms with Gasteiger partial charge in [0.1, 0.15) is 0 Å². The van der Waals surface area contributed by atoms with Gasteiger partial charge >= 0.3 is 0 Å². The Morgan fingerprint density at radius 3 is 2.40 bits per heavy atom. The van der Waals surface area contributed by atoms with Crippen LogP contribution in [0.5, 0.6) is 0 Å². The highest BCUT2D eigenvalue weighted by atomic mass is 32.1. The smallest absolute Gasteiger partial charge is 0.261 e. The van der Waals surface area contributed by atoms with Crippen LogP contribution in [0.4, 0.5) is 5.69 Å².